The van der Waals surface area contributed by atoms with Crippen LogP contribution in [0.15, 0.2) is 58.3 Å². The molecule has 1 amide bonds. The van der Waals surface area contributed by atoms with Crippen LogP contribution in [-0.2, 0) is 9.53 Å². The zero-order valence-electron chi connectivity index (χ0n) is 19.8. The van der Waals surface area contributed by atoms with Crippen molar-refractivity contribution in [3.8, 4) is 0 Å². The summed E-state index contributed by atoms with van der Waals surface area (Å²) < 4.78 is 5.34. The van der Waals surface area contributed by atoms with E-state index in [0.29, 0.717) is 4.90 Å². The first kappa shape index (κ1) is 23.9. The van der Waals surface area contributed by atoms with Gasteiger partial charge in [-0.1, -0.05) is 30.0 Å². The molecule has 0 spiro atoms. The van der Waals surface area contributed by atoms with Gasteiger partial charge in [-0.15, -0.1) is 0 Å². The van der Waals surface area contributed by atoms with Gasteiger partial charge in [-0.25, -0.2) is 4.79 Å². The molecule has 184 valence electrons. The minimum Gasteiger partial charge on any atom is -0.452 e. The average Bonchev–Trinajstić information content (AvgIpc) is 2.82. The molecular weight excluding hydrogens is 464 g/mol. The van der Waals surface area contributed by atoms with Gasteiger partial charge in [0.25, 0.3) is 11.6 Å². The van der Waals surface area contributed by atoms with Gasteiger partial charge in [-0.3, -0.25) is 14.9 Å². The van der Waals surface area contributed by atoms with E-state index in [1.165, 1.54) is 62.4 Å². The highest BCUT2D eigenvalue weighted by Crippen LogP contribution is 2.61. The van der Waals surface area contributed by atoms with Crippen molar-refractivity contribution in [2.24, 2.45) is 23.2 Å². The van der Waals surface area contributed by atoms with Crippen LogP contribution >= 0.6 is 11.8 Å². The molecule has 4 aliphatic rings. The Balaban J connectivity index is 1.23. The average molecular weight is 495 g/mol. The smallest absolute Gasteiger partial charge is 0.340 e. The topological polar surface area (TPSA) is 98.5 Å². The number of benzene rings is 2. The Labute approximate surface area is 209 Å². The number of hydrogen-bond acceptors (Lipinski definition) is 6. The van der Waals surface area contributed by atoms with Crippen molar-refractivity contribution in [3.05, 3.63) is 64.2 Å². The number of nitrogens with one attached hydrogen (secondary N) is 1. The summed E-state index contributed by atoms with van der Waals surface area (Å²) >= 11 is 1.32. The third kappa shape index (κ3) is 5.08. The number of ether oxygens (including phenoxy) is 1. The number of nitrogens with zero attached hydrogens (tertiary/aromatic N) is 1. The second-order valence-electron chi connectivity index (χ2n) is 10.5. The molecular formula is C27H30N2O5S. The summed E-state index contributed by atoms with van der Waals surface area (Å²) in [6, 6.07) is 13.6. The lowest BCUT2D eigenvalue weighted by Gasteiger charge is -2.59. The largest absolute Gasteiger partial charge is 0.452 e. The molecule has 8 heteroatoms. The molecule has 1 N–H and O–H groups in total. The predicted octanol–water partition coefficient (Wildman–Crippen LogP) is 5.62. The first-order valence-electron chi connectivity index (χ1n) is 12.3. The molecule has 0 radical (unpaired) electrons. The van der Waals surface area contributed by atoms with E-state index in [2.05, 4.69) is 12.2 Å². The van der Waals surface area contributed by atoms with Crippen molar-refractivity contribution in [2.45, 2.75) is 61.3 Å². The first-order valence-corrected chi connectivity index (χ1v) is 13.1. The second-order valence-corrected chi connectivity index (χ2v) is 11.6. The molecule has 0 aliphatic heterocycles. The van der Waals surface area contributed by atoms with E-state index in [9.17, 15) is 19.7 Å². The van der Waals surface area contributed by atoms with Crippen molar-refractivity contribution in [1.29, 1.82) is 0 Å². The molecule has 0 aromatic heterocycles. The van der Waals surface area contributed by atoms with Crippen LogP contribution in [0.25, 0.3) is 0 Å². The van der Waals surface area contributed by atoms with Crippen LogP contribution in [0.1, 0.15) is 55.8 Å². The number of rotatable bonds is 8. The van der Waals surface area contributed by atoms with Gasteiger partial charge in [0.05, 0.1) is 10.5 Å². The highest BCUT2D eigenvalue weighted by molar-refractivity contribution is 7.99. The first-order chi connectivity index (χ1) is 16.8. The van der Waals surface area contributed by atoms with E-state index in [1.807, 2.05) is 30.3 Å². The molecule has 1 atom stereocenters. The number of hydrogen-bond donors (Lipinski definition) is 1. The molecule has 4 fully saturated rings. The van der Waals surface area contributed by atoms with Gasteiger partial charge in [0.2, 0.25) is 0 Å². The summed E-state index contributed by atoms with van der Waals surface area (Å²) in [4.78, 5) is 37.8. The molecule has 4 aliphatic carbocycles. The lowest BCUT2D eigenvalue weighted by Crippen LogP contribution is -2.56. The predicted molar refractivity (Wildman–Crippen MR) is 132 cm³/mol. The fourth-order valence-electron chi connectivity index (χ4n) is 6.85. The molecule has 0 heterocycles. The lowest BCUT2D eigenvalue weighted by molar-refractivity contribution is -0.384. The van der Waals surface area contributed by atoms with Crippen LogP contribution in [0.2, 0.25) is 0 Å². The molecule has 6 rings (SSSR count). The maximum atomic E-state index is 12.9. The van der Waals surface area contributed by atoms with E-state index < -0.39 is 17.5 Å². The normalized spacial score (nSPS) is 27.3. The third-order valence-corrected chi connectivity index (χ3v) is 9.16. The number of nitro benzene ring substituents is 1. The van der Waals surface area contributed by atoms with Crippen LogP contribution in [0.5, 0.6) is 0 Å². The minimum absolute atomic E-state index is 0.0316. The van der Waals surface area contributed by atoms with Crippen LogP contribution in [-0.4, -0.2) is 29.4 Å². The van der Waals surface area contributed by atoms with Crippen molar-refractivity contribution in [3.63, 3.8) is 0 Å². The maximum Gasteiger partial charge on any atom is 0.340 e. The molecule has 0 unspecified atom stereocenters. The van der Waals surface area contributed by atoms with Gasteiger partial charge in [-0.2, -0.15) is 0 Å². The summed E-state index contributed by atoms with van der Waals surface area (Å²) in [6.07, 6.45) is 7.54. The Morgan fingerprint density at radius 1 is 1.09 bits per heavy atom. The molecule has 7 nitrogen and oxygen atoms in total. The van der Waals surface area contributed by atoms with Crippen molar-refractivity contribution in [2.75, 3.05) is 6.61 Å². The molecule has 2 aromatic carbocycles. The Morgan fingerprint density at radius 2 is 1.71 bits per heavy atom. The zero-order chi connectivity index (χ0) is 24.6. The van der Waals surface area contributed by atoms with E-state index in [-0.39, 0.29) is 28.6 Å². The van der Waals surface area contributed by atoms with Crippen molar-refractivity contribution in [1.82, 2.24) is 5.32 Å². The fourth-order valence-corrected chi connectivity index (χ4v) is 7.78. The summed E-state index contributed by atoms with van der Waals surface area (Å²) in [5.41, 5.74) is 0.0396. The summed E-state index contributed by atoms with van der Waals surface area (Å²) in [5.74, 6) is 1.28. The van der Waals surface area contributed by atoms with Gasteiger partial charge >= 0.3 is 5.97 Å². The number of nitro groups is 1. The highest BCUT2D eigenvalue weighted by atomic mass is 32.2. The van der Waals surface area contributed by atoms with Crippen LogP contribution in [0.3, 0.4) is 0 Å². The summed E-state index contributed by atoms with van der Waals surface area (Å²) in [5, 5.41) is 14.4. The lowest BCUT2D eigenvalue weighted by atomic mass is 9.48. The van der Waals surface area contributed by atoms with Crippen LogP contribution in [0.4, 0.5) is 5.69 Å². The maximum absolute atomic E-state index is 12.9. The minimum atomic E-state index is -0.746. The quantitative estimate of drug-likeness (QED) is 0.290. The van der Waals surface area contributed by atoms with Gasteiger partial charge in [0.15, 0.2) is 6.61 Å². The molecule has 4 saturated carbocycles. The fraction of sp³-hybridized carbons (Fsp3) is 0.481. The number of non-ortho nitro benzene ring substituents is 1. The van der Waals surface area contributed by atoms with E-state index >= 15 is 0 Å². The number of amides is 1. The highest BCUT2D eigenvalue weighted by Gasteiger charge is 2.53. The van der Waals surface area contributed by atoms with E-state index in [4.69, 9.17) is 4.74 Å². The van der Waals surface area contributed by atoms with E-state index in [0.717, 1.165) is 22.6 Å². The van der Waals surface area contributed by atoms with Crippen LogP contribution in [0, 0.1) is 33.3 Å². The number of carbonyl (C=O) groups is 2. The van der Waals surface area contributed by atoms with Gasteiger partial charge in [-0.05, 0) is 86.8 Å². The Kier molecular flexibility index (Phi) is 6.57. The molecule has 2 aromatic rings. The van der Waals surface area contributed by atoms with Gasteiger partial charge in [0, 0.05) is 28.0 Å². The monoisotopic (exact) mass is 494 g/mol. The van der Waals surface area contributed by atoms with Crippen molar-refractivity contribution < 1.29 is 19.2 Å². The zero-order valence-corrected chi connectivity index (χ0v) is 20.6. The Hall–Kier alpha value is -2.87. The van der Waals surface area contributed by atoms with Gasteiger partial charge < -0.3 is 10.1 Å². The SMILES string of the molecule is C[C@H](NC(=O)COC(=O)c1cc([N+](=O)[O-])ccc1Sc1ccccc1)C12CC3CC(CC(C3)C1)C2. The molecule has 0 saturated heterocycles. The Bertz CT molecular complexity index is 1100. The summed E-state index contributed by atoms with van der Waals surface area (Å²) in [6.45, 7) is 1.68. The standard InChI is InChI=1S/C27H30N2O5S/c1-17(27-13-18-9-19(14-27)11-20(10-18)15-27)28-25(30)16-34-26(31)23-12-21(29(32)33)7-8-24(23)35-22-5-3-2-4-6-22/h2-8,12,17-20H,9-11,13-16H2,1H3,(H,28,30)/t17-,18?,19?,20?,27?/m0/s1. The number of esters is 1. The number of carbonyl (C=O) groups excluding carboxylic acids is 2. The third-order valence-electron chi connectivity index (χ3n) is 8.08. The van der Waals surface area contributed by atoms with Crippen LogP contribution < -0.4 is 5.32 Å². The second kappa shape index (κ2) is 9.64. The van der Waals surface area contributed by atoms with Gasteiger partial charge in [0.1, 0.15) is 0 Å². The molecule has 4 bridgehead atoms. The van der Waals surface area contributed by atoms with E-state index in [1.54, 1.807) is 6.07 Å². The molecule has 35 heavy (non-hydrogen) atoms. The van der Waals surface area contributed by atoms with Crippen molar-refractivity contribution >= 4 is 29.3 Å². The summed E-state index contributed by atoms with van der Waals surface area (Å²) in [7, 11) is 0. The Morgan fingerprint density at radius 3 is 2.31 bits per heavy atom.